The number of hydrogen-bond donors (Lipinski definition) is 0. The van der Waals surface area contributed by atoms with Crippen LogP contribution in [0.2, 0.25) is 0 Å². The molecule has 0 bridgehead atoms. The van der Waals surface area contributed by atoms with Gasteiger partial charge in [-0.25, -0.2) is 4.98 Å². The van der Waals surface area contributed by atoms with Gasteiger partial charge >= 0.3 is 0 Å². The molecule has 2 aromatic heterocycles. The molecule has 132 valence electrons. The second kappa shape index (κ2) is 6.28. The number of para-hydroxylation sites is 1. The monoisotopic (exact) mass is 486 g/mol. The molecular formula is C20H11IN2O3S. The molecule has 1 unspecified atom stereocenters. The van der Waals surface area contributed by atoms with Crippen LogP contribution < -0.4 is 10.3 Å². The average molecular weight is 486 g/mol. The first-order valence-electron chi connectivity index (χ1n) is 8.19. The van der Waals surface area contributed by atoms with E-state index in [0.29, 0.717) is 21.7 Å². The Labute approximate surface area is 171 Å². The minimum atomic E-state index is -0.559. The van der Waals surface area contributed by atoms with E-state index in [0.717, 1.165) is 9.13 Å². The molecule has 0 N–H and O–H groups in total. The molecule has 0 aliphatic carbocycles. The molecule has 0 fully saturated rings. The third-order valence-electron chi connectivity index (χ3n) is 4.59. The zero-order valence-corrected chi connectivity index (χ0v) is 16.7. The van der Waals surface area contributed by atoms with E-state index in [1.54, 1.807) is 35.4 Å². The zero-order chi connectivity index (χ0) is 18.5. The van der Waals surface area contributed by atoms with Crippen molar-refractivity contribution in [1.82, 2.24) is 4.98 Å². The number of rotatable bonds is 2. The first-order valence-corrected chi connectivity index (χ1v) is 10.2. The van der Waals surface area contributed by atoms with Crippen molar-refractivity contribution in [2.24, 2.45) is 0 Å². The molecule has 1 aliphatic heterocycles. The van der Waals surface area contributed by atoms with Crippen LogP contribution in [-0.4, -0.2) is 10.9 Å². The molecule has 2 aromatic carbocycles. The molecule has 5 rings (SSSR count). The van der Waals surface area contributed by atoms with Crippen LogP contribution in [0.4, 0.5) is 5.13 Å². The summed E-state index contributed by atoms with van der Waals surface area (Å²) in [6, 6.07) is 14.2. The molecular weight excluding hydrogens is 475 g/mol. The third-order valence-corrected chi connectivity index (χ3v) is 6.08. The summed E-state index contributed by atoms with van der Waals surface area (Å²) in [6.45, 7) is 0. The maximum absolute atomic E-state index is 13.3. The SMILES string of the molecule is O=C1c2oc3ccccc3c(=O)c2C(c2ccc(I)cc2)N1c1nccs1. The highest BCUT2D eigenvalue weighted by molar-refractivity contribution is 14.1. The number of thiazole rings is 1. The van der Waals surface area contributed by atoms with E-state index in [-0.39, 0.29) is 17.1 Å². The van der Waals surface area contributed by atoms with Crippen LogP contribution in [0.15, 0.2) is 69.3 Å². The van der Waals surface area contributed by atoms with E-state index < -0.39 is 6.04 Å². The van der Waals surface area contributed by atoms with Gasteiger partial charge in [-0.05, 0) is 52.4 Å². The number of aromatic nitrogens is 1. The smallest absolute Gasteiger partial charge is 0.297 e. The van der Waals surface area contributed by atoms with Crippen LogP contribution in [0.1, 0.15) is 27.7 Å². The first kappa shape index (κ1) is 16.6. The maximum atomic E-state index is 13.3. The van der Waals surface area contributed by atoms with Crippen molar-refractivity contribution >= 4 is 55.9 Å². The second-order valence-corrected chi connectivity index (χ2v) is 8.23. The highest BCUT2D eigenvalue weighted by Crippen LogP contribution is 2.41. The van der Waals surface area contributed by atoms with Gasteiger partial charge in [-0.15, -0.1) is 11.3 Å². The molecule has 7 heteroatoms. The van der Waals surface area contributed by atoms with E-state index >= 15 is 0 Å². The molecule has 0 spiro atoms. The normalized spacial score (nSPS) is 16.1. The van der Waals surface area contributed by atoms with Gasteiger partial charge in [-0.2, -0.15) is 0 Å². The second-order valence-electron chi connectivity index (χ2n) is 6.11. The van der Waals surface area contributed by atoms with Crippen molar-refractivity contribution in [1.29, 1.82) is 0 Å². The van der Waals surface area contributed by atoms with Crippen LogP contribution in [0.5, 0.6) is 0 Å². The fourth-order valence-corrected chi connectivity index (χ4v) is 4.44. The van der Waals surface area contributed by atoms with Crippen molar-refractivity contribution in [3.8, 4) is 0 Å². The van der Waals surface area contributed by atoms with Gasteiger partial charge in [0.1, 0.15) is 5.58 Å². The summed E-state index contributed by atoms with van der Waals surface area (Å²) < 4.78 is 6.96. The Morgan fingerprint density at radius 1 is 1.07 bits per heavy atom. The number of carbonyl (C=O) groups is 1. The first-order chi connectivity index (χ1) is 13.1. The Bertz CT molecular complexity index is 1230. The van der Waals surface area contributed by atoms with Crippen LogP contribution in [-0.2, 0) is 0 Å². The molecule has 0 radical (unpaired) electrons. The Kier molecular flexibility index (Phi) is 3.87. The summed E-state index contributed by atoms with van der Waals surface area (Å²) in [5, 5.41) is 2.82. The highest BCUT2D eigenvalue weighted by atomic mass is 127. The number of nitrogens with zero attached hydrogens (tertiary/aromatic N) is 2. The van der Waals surface area contributed by atoms with E-state index in [1.807, 2.05) is 29.6 Å². The lowest BCUT2D eigenvalue weighted by Crippen LogP contribution is -2.29. The van der Waals surface area contributed by atoms with Crippen molar-refractivity contribution in [3.05, 3.63) is 90.8 Å². The minimum absolute atomic E-state index is 0.0949. The summed E-state index contributed by atoms with van der Waals surface area (Å²) in [6.07, 6.45) is 1.65. The van der Waals surface area contributed by atoms with E-state index in [1.165, 1.54) is 11.3 Å². The number of fused-ring (bicyclic) bond motifs is 2. The standard InChI is InChI=1S/C20H11IN2O3S/c21-12-7-5-11(6-8-12)16-15-17(24)13-3-1-2-4-14(13)26-18(15)19(25)23(16)20-22-9-10-27-20/h1-10,16H. The number of benzene rings is 2. The van der Waals surface area contributed by atoms with Gasteiger partial charge in [0, 0.05) is 15.1 Å². The van der Waals surface area contributed by atoms with Crippen molar-refractivity contribution in [3.63, 3.8) is 0 Å². The fraction of sp³-hybridized carbons (Fsp3) is 0.0500. The summed E-state index contributed by atoms with van der Waals surface area (Å²) in [5.74, 6) is -0.246. The predicted molar refractivity (Wildman–Crippen MR) is 112 cm³/mol. The zero-order valence-electron chi connectivity index (χ0n) is 13.8. The van der Waals surface area contributed by atoms with Gasteiger partial charge < -0.3 is 4.42 Å². The number of halogens is 1. The molecule has 5 nitrogen and oxygen atoms in total. The topological polar surface area (TPSA) is 63.4 Å². The molecule has 0 saturated carbocycles. The Balaban J connectivity index is 1.83. The minimum Gasteiger partial charge on any atom is -0.450 e. The number of amides is 1. The van der Waals surface area contributed by atoms with Crippen LogP contribution in [0.25, 0.3) is 11.0 Å². The summed E-state index contributed by atoms with van der Waals surface area (Å²) in [4.78, 5) is 32.3. The van der Waals surface area contributed by atoms with Crippen molar-refractivity contribution in [2.75, 3.05) is 4.90 Å². The Hall–Kier alpha value is -2.52. The van der Waals surface area contributed by atoms with Gasteiger partial charge in [0.2, 0.25) is 5.76 Å². The maximum Gasteiger partial charge on any atom is 0.297 e. The summed E-state index contributed by atoms with van der Waals surface area (Å²) in [5.41, 5.74) is 1.45. The number of carbonyl (C=O) groups excluding carboxylic acids is 1. The van der Waals surface area contributed by atoms with E-state index in [4.69, 9.17) is 4.42 Å². The fourth-order valence-electron chi connectivity index (χ4n) is 3.41. The molecule has 0 saturated heterocycles. The van der Waals surface area contributed by atoms with Crippen LogP contribution in [0, 0.1) is 3.57 Å². The van der Waals surface area contributed by atoms with Gasteiger partial charge in [0.05, 0.1) is 17.0 Å². The quantitative estimate of drug-likeness (QED) is 0.389. The van der Waals surface area contributed by atoms with E-state index in [9.17, 15) is 9.59 Å². The number of anilines is 1. The summed E-state index contributed by atoms with van der Waals surface area (Å²) in [7, 11) is 0. The van der Waals surface area contributed by atoms with Gasteiger partial charge in [0.15, 0.2) is 10.6 Å². The Morgan fingerprint density at radius 3 is 2.59 bits per heavy atom. The lowest BCUT2D eigenvalue weighted by molar-refractivity contribution is 0.0971. The van der Waals surface area contributed by atoms with E-state index in [2.05, 4.69) is 27.6 Å². The molecule has 1 aliphatic rings. The average Bonchev–Trinajstić information content (AvgIpc) is 3.30. The highest BCUT2D eigenvalue weighted by Gasteiger charge is 2.44. The van der Waals surface area contributed by atoms with Gasteiger partial charge in [-0.3, -0.25) is 14.5 Å². The third kappa shape index (κ3) is 2.53. The van der Waals surface area contributed by atoms with Gasteiger partial charge in [0.25, 0.3) is 5.91 Å². The lowest BCUT2D eigenvalue weighted by atomic mass is 9.99. The predicted octanol–water partition coefficient (Wildman–Crippen LogP) is 4.60. The van der Waals surface area contributed by atoms with Crippen LogP contribution >= 0.6 is 33.9 Å². The molecule has 1 atom stereocenters. The summed E-state index contributed by atoms with van der Waals surface area (Å²) >= 11 is 3.58. The Morgan fingerprint density at radius 2 is 1.85 bits per heavy atom. The van der Waals surface area contributed by atoms with Crippen molar-refractivity contribution in [2.45, 2.75) is 6.04 Å². The molecule has 3 heterocycles. The molecule has 4 aromatic rings. The molecule has 1 amide bonds. The lowest BCUT2D eigenvalue weighted by Gasteiger charge is -2.22. The number of hydrogen-bond acceptors (Lipinski definition) is 5. The largest absolute Gasteiger partial charge is 0.450 e. The van der Waals surface area contributed by atoms with Crippen molar-refractivity contribution < 1.29 is 9.21 Å². The van der Waals surface area contributed by atoms with Crippen LogP contribution in [0.3, 0.4) is 0 Å². The van der Waals surface area contributed by atoms with Gasteiger partial charge in [-0.1, -0.05) is 24.3 Å². The molecule has 27 heavy (non-hydrogen) atoms.